The largest absolute Gasteiger partial charge is 0.302 e. The van der Waals surface area contributed by atoms with Gasteiger partial charge >= 0.3 is 0 Å². The number of rotatable bonds is 1. The summed E-state index contributed by atoms with van der Waals surface area (Å²) in [5, 5.41) is 0. The van der Waals surface area contributed by atoms with Crippen LogP contribution in [0.15, 0.2) is 17.2 Å². The van der Waals surface area contributed by atoms with Gasteiger partial charge in [0.05, 0.1) is 6.20 Å². The molecule has 1 aromatic rings. The van der Waals surface area contributed by atoms with E-state index in [0.717, 1.165) is 0 Å². The molecule has 3 nitrogen and oxygen atoms in total. The summed E-state index contributed by atoms with van der Waals surface area (Å²) < 4.78 is 43.2. The summed E-state index contributed by atoms with van der Waals surface area (Å²) in [5.74, 6) is -1.98. The molecule has 1 heterocycles. The van der Waals surface area contributed by atoms with Gasteiger partial charge in [-0.05, 0) is 0 Å². The lowest BCUT2D eigenvalue weighted by Gasteiger charge is -1.95. The number of aromatic nitrogens is 1. The molecule has 0 aliphatic rings. The maximum Gasteiger partial charge on any atom is 0.214 e. The van der Waals surface area contributed by atoms with Gasteiger partial charge in [-0.3, -0.25) is 0 Å². The van der Waals surface area contributed by atoms with Crippen molar-refractivity contribution in [3.05, 3.63) is 24.0 Å². The minimum Gasteiger partial charge on any atom is -0.302 e. The van der Waals surface area contributed by atoms with E-state index in [1.807, 2.05) is 0 Å². The first-order valence-electron chi connectivity index (χ1n) is 2.53. The van der Waals surface area contributed by atoms with Crippen LogP contribution in [0.4, 0.5) is 8.78 Å². The van der Waals surface area contributed by atoms with Crippen molar-refractivity contribution in [2.75, 3.05) is 0 Å². The monoisotopic (exact) mass is 179 g/mol. The molecule has 0 aliphatic carbocycles. The Labute approximate surface area is 63.4 Å². The van der Waals surface area contributed by atoms with Crippen LogP contribution >= 0.6 is 0 Å². The summed E-state index contributed by atoms with van der Waals surface area (Å²) in [5.41, 5.74) is 0. The first kappa shape index (κ1) is 8.22. The Morgan fingerprint density at radius 3 is 2.64 bits per heavy atom. The molecular weight excluding hydrogens is 176 g/mol. The molecule has 0 saturated heterocycles. The Morgan fingerprint density at radius 1 is 1.55 bits per heavy atom. The van der Waals surface area contributed by atoms with Crippen molar-refractivity contribution in [3.63, 3.8) is 0 Å². The van der Waals surface area contributed by atoms with Crippen LogP contribution in [0.5, 0.6) is 0 Å². The van der Waals surface area contributed by atoms with Crippen molar-refractivity contribution in [3.8, 4) is 0 Å². The second-order valence-corrected chi connectivity index (χ2v) is 2.62. The molecule has 60 valence electrons. The number of hydrogen-bond acceptors (Lipinski definition) is 2. The molecule has 0 radical (unpaired) electrons. The first-order chi connectivity index (χ1) is 5.11. The van der Waals surface area contributed by atoms with Gasteiger partial charge in [-0.15, -0.1) is 0 Å². The standard InChI is InChI=1S/C5H3F2NO2S/c6-3-2-8-5(7)1-4(3)11(9)10/h1-2H,(H,9,10). The van der Waals surface area contributed by atoms with Crippen molar-refractivity contribution >= 4 is 11.1 Å². The van der Waals surface area contributed by atoms with Crippen molar-refractivity contribution in [2.45, 2.75) is 4.90 Å². The fraction of sp³-hybridized carbons (Fsp3) is 0. The molecule has 1 aromatic heterocycles. The highest BCUT2D eigenvalue weighted by Gasteiger charge is 2.09. The van der Waals surface area contributed by atoms with Gasteiger partial charge in [-0.1, -0.05) is 0 Å². The fourth-order valence-corrected chi connectivity index (χ4v) is 0.948. The van der Waals surface area contributed by atoms with Crippen LogP contribution < -0.4 is 0 Å². The molecule has 6 heteroatoms. The third-order valence-electron chi connectivity index (χ3n) is 0.975. The highest BCUT2D eigenvalue weighted by Crippen LogP contribution is 2.09. The summed E-state index contributed by atoms with van der Waals surface area (Å²) in [4.78, 5) is 2.34. The van der Waals surface area contributed by atoms with Gasteiger partial charge in [0.1, 0.15) is 4.90 Å². The normalized spacial score (nSPS) is 13.0. The smallest absolute Gasteiger partial charge is 0.214 e. The number of pyridine rings is 1. The van der Waals surface area contributed by atoms with Crippen LogP contribution in [0.1, 0.15) is 0 Å². The molecule has 0 spiro atoms. The molecule has 0 saturated carbocycles. The zero-order valence-corrected chi connectivity index (χ0v) is 5.94. The summed E-state index contributed by atoms with van der Waals surface area (Å²) in [7, 11) is 0. The first-order valence-corrected chi connectivity index (χ1v) is 3.64. The Kier molecular flexibility index (Phi) is 2.25. The lowest BCUT2D eigenvalue weighted by atomic mass is 10.5. The zero-order chi connectivity index (χ0) is 8.43. The summed E-state index contributed by atoms with van der Waals surface area (Å²) in [6.45, 7) is 0. The average Bonchev–Trinajstić information content (AvgIpc) is 1.94. The van der Waals surface area contributed by atoms with Crippen molar-refractivity contribution in [1.82, 2.24) is 4.98 Å². The van der Waals surface area contributed by atoms with E-state index in [0.29, 0.717) is 12.3 Å². The Hall–Kier alpha value is -0.880. The molecule has 0 aliphatic heterocycles. The summed E-state index contributed by atoms with van der Waals surface area (Å²) >= 11 is -2.51. The second kappa shape index (κ2) is 3.02. The fourth-order valence-electron chi connectivity index (χ4n) is 0.530. The van der Waals surface area contributed by atoms with Crippen LogP contribution in [-0.4, -0.2) is 13.7 Å². The Balaban J connectivity index is 3.23. The average molecular weight is 179 g/mol. The van der Waals surface area contributed by atoms with Crippen molar-refractivity contribution in [1.29, 1.82) is 0 Å². The third kappa shape index (κ3) is 1.78. The zero-order valence-electron chi connectivity index (χ0n) is 5.12. The van der Waals surface area contributed by atoms with E-state index in [2.05, 4.69) is 4.98 Å². The van der Waals surface area contributed by atoms with Crippen LogP contribution in [-0.2, 0) is 11.1 Å². The predicted molar refractivity (Wildman–Crippen MR) is 33.2 cm³/mol. The second-order valence-electron chi connectivity index (χ2n) is 1.69. The molecule has 0 amide bonds. The van der Waals surface area contributed by atoms with Gasteiger partial charge in [0.15, 0.2) is 16.9 Å². The van der Waals surface area contributed by atoms with Gasteiger partial charge in [0.25, 0.3) is 0 Å². The minimum absolute atomic E-state index is 0.554. The SMILES string of the molecule is O=S(O)c1cc(F)ncc1F. The van der Waals surface area contributed by atoms with Gasteiger partial charge in [-0.2, -0.15) is 4.39 Å². The van der Waals surface area contributed by atoms with E-state index in [1.165, 1.54) is 0 Å². The van der Waals surface area contributed by atoms with Crippen molar-refractivity contribution < 1.29 is 17.5 Å². The van der Waals surface area contributed by atoms with Crippen LogP contribution in [0.3, 0.4) is 0 Å². The van der Waals surface area contributed by atoms with Crippen molar-refractivity contribution in [2.24, 2.45) is 0 Å². The number of nitrogens with zero attached hydrogens (tertiary/aromatic N) is 1. The van der Waals surface area contributed by atoms with Gasteiger partial charge in [0.2, 0.25) is 5.95 Å². The minimum atomic E-state index is -2.51. The molecule has 1 unspecified atom stereocenters. The highest BCUT2D eigenvalue weighted by atomic mass is 32.2. The summed E-state index contributed by atoms with van der Waals surface area (Å²) in [6, 6.07) is 0.575. The highest BCUT2D eigenvalue weighted by molar-refractivity contribution is 7.79. The molecule has 1 N–H and O–H groups in total. The lowest BCUT2D eigenvalue weighted by molar-refractivity contribution is 0.519. The lowest BCUT2D eigenvalue weighted by Crippen LogP contribution is -1.96. The van der Waals surface area contributed by atoms with E-state index in [9.17, 15) is 13.0 Å². The third-order valence-corrected chi connectivity index (χ3v) is 1.66. The Morgan fingerprint density at radius 2 is 2.18 bits per heavy atom. The molecule has 1 rings (SSSR count). The quantitative estimate of drug-likeness (QED) is 0.515. The summed E-state index contributed by atoms with van der Waals surface area (Å²) in [6.07, 6.45) is 0.554. The van der Waals surface area contributed by atoms with Gasteiger partial charge in [0, 0.05) is 6.07 Å². The van der Waals surface area contributed by atoms with E-state index in [4.69, 9.17) is 4.55 Å². The van der Waals surface area contributed by atoms with Crippen LogP contribution in [0, 0.1) is 11.8 Å². The van der Waals surface area contributed by atoms with Crippen LogP contribution in [0.2, 0.25) is 0 Å². The molecule has 0 bridgehead atoms. The molecule has 0 aromatic carbocycles. The van der Waals surface area contributed by atoms with E-state index < -0.39 is 27.7 Å². The maximum atomic E-state index is 12.4. The molecular formula is C5H3F2NO2S. The molecule has 0 fully saturated rings. The topological polar surface area (TPSA) is 50.2 Å². The molecule has 1 atom stereocenters. The van der Waals surface area contributed by atoms with E-state index >= 15 is 0 Å². The maximum absolute atomic E-state index is 12.4. The predicted octanol–water partition coefficient (Wildman–Crippen LogP) is 0.940. The van der Waals surface area contributed by atoms with E-state index in [1.54, 1.807) is 0 Å². The van der Waals surface area contributed by atoms with E-state index in [-0.39, 0.29) is 0 Å². The number of halogens is 2. The Bertz CT molecular complexity index is 305. The number of hydrogen-bond donors (Lipinski definition) is 1. The van der Waals surface area contributed by atoms with Gasteiger partial charge < -0.3 is 4.55 Å². The van der Waals surface area contributed by atoms with Crippen LogP contribution in [0.25, 0.3) is 0 Å². The van der Waals surface area contributed by atoms with Gasteiger partial charge in [-0.25, -0.2) is 13.6 Å². The molecule has 11 heavy (non-hydrogen) atoms.